The molecule has 0 aliphatic rings. The summed E-state index contributed by atoms with van der Waals surface area (Å²) in [7, 11) is 3.17. The maximum absolute atomic E-state index is 12.2. The number of fused-ring (bicyclic) bond motifs is 1. The van der Waals surface area contributed by atoms with E-state index in [9.17, 15) is 4.79 Å². The van der Waals surface area contributed by atoms with Crippen LogP contribution in [-0.4, -0.2) is 20.1 Å². The molecule has 3 aromatic rings. The molecule has 26 heavy (non-hydrogen) atoms. The van der Waals surface area contributed by atoms with Gasteiger partial charge in [0.25, 0.3) is 0 Å². The molecule has 1 amide bonds. The van der Waals surface area contributed by atoms with Crippen molar-refractivity contribution in [1.29, 1.82) is 0 Å². The van der Waals surface area contributed by atoms with Gasteiger partial charge < -0.3 is 19.2 Å². The van der Waals surface area contributed by atoms with Crippen LogP contribution in [0.3, 0.4) is 0 Å². The summed E-state index contributed by atoms with van der Waals surface area (Å²) >= 11 is 0. The van der Waals surface area contributed by atoms with E-state index in [2.05, 4.69) is 5.32 Å². The Morgan fingerprint density at radius 1 is 1.08 bits per heavy atom. The molecule has 1 heterocycles. The van der Waals surface area contributed by atoms with Crippen molar-refractivity contribution < 1.29 is 18.7 Å². The molecule has 5 heteroatoms. The van der Waals surface area contributed by atoms with Crippen LogP contribution in [0.4, 0.5) is 0 Å². The molecule has 1 atom stereocenters. The van der Waals surface area contributed by atoms with Gasteiger partial charge in [0.05, 0.1) is 20.3 Å². The van der Waals surface area contributed by atoms with Crippen LogP contribution in [0.2, 0.25) is 0 Å². The van der Waals surface area contributed by atoms with Crippen molar-refractivity contribution in [2.75, 3.05) is 14.2 Å². The van der Waals surface area contributed by atoms with Crippen molar-refractivity contribution in [2.24, 2.45) is 0 Å². The van der Waals surface area contributed by atoms with E-state index in [0.29, 0.717) is 11.5 Å². The Balaban J connectivity index is 1.69. The molecular weight excluding hydrogens is 330 g/mol. The number of carbonyl (C=O) groups is 1. The van der Waals surface area contributed by atoms with Gasteiger partial charge in [-0.2, -0.15) is 0 Å². The highest BCUT2D eigenvalue weighted by molar-refractivity contribution is 5.92. The number of rotatable bonds is 6. The molecule has 134 valence electrons. The first-order valence-corrected chi connectivity index (χ1v) is 8.29. The maximum atomic E-state index is 12.2. The van der Waals surface area contributed by atoms with Crippen molar-refractivity contribution in [3.05, 3.63) is 65.9 Å². The summed E-state index contributed by atoms with van der Waals surface area (Å²) in [5.41, 5.74) is 1.62. The molecule has 0 unspecified atom stereocenters. The molecule has 0 fully saturated rings. The van der Waals surface area contributed by atoms with Crippen LogP contribution >= 0.6 is 0 Å². The number of amides is 1. The molecule has 5 nitrogen and oxygen atoms in total. The number of carbonyl (C=O) groups excluding carboxylic acids is 1. The summed E-state index contributed by atoms with van der Waals surface area (Å²) in [5, 5.41) is 3.92. The number of benzene rings is 2. The first-order chi connectivity index (χ1) is 12.6. The summed E-state index contributed by atoms with van der Waals surface area (Å²) in [6.07, 6.45) is 3.19. The van der Waals surface area contributed by atoms with Crippen LogP contribution < -0.4 is 14.8 Å². The van der Waals surface area contributed by atoms with Crippen molar-refractivity contribution in [1.82, 2.24) is 5.32 Å². The Bertz CT molecular complexity index is 887. The predicted octanol–water partition coefficient (Wildman–Crippen LogP) is 4.34. The lowest BCUT2D eigenvalue weighted by Gasteiger charge is -2.09. The zero-order chi connectivity index (χ0) is 18.5. The van der Waals surface area contributed by atoms with E-state index in [0.717, 1.165) is 22.3 Å². The molecule has 0 saturated heterocycles. The second-order valence-corrected chi connectivity index (χ2v) is 5.90. The van der Waals surface area contributed by atoms with Crippen LogP contribution in [-0.2, 0) is 4.79 Å². The van der Waals surface area contributed by atoms with Crippen molar-refractivity contribution in [3.8, 4) is 11.5 Å². The van der Waals surface area contributed by atoms with Gasteiger partial charge in [0.1, 0.15) is 22.8 Å². The second kappa shape index (κ2) is 7.78. The maximum Gasteiger partial charge on any atom is 0.244 e. The van der Waals surface area contributed by atoms with E-state index in [4.69, 9.17) is 13.9 Å². The summed E-state index contributed by atoms with van der Waals surface area (Å²) in [5.74, 6) is 1.84. The van der Waals surface area contributed by atoms with E-state index in [1.807, 2.05) is 49.4 Å². The molecule has 1 aromatic heterocycles. The van der Waals surface area contributed by atoms with Crippen molar-refractivity contribution in [2.45, 2.75) is 13.0 Å². The zero-order valence-electron chi connectivity index (χ0n) is 15.0. The number of nitrogens with one attached hydrogen (secondary N) is 1. The zero-order valence-corrected chi connectivity index (χ0v) is 15.0. The van der Waals surface area contributed by atoms with E-state index in [-0.39, 0.29) is 11.9 Å². The molecule has 0 spiro atoms. The van der Waals surface area contributed by atoms with Gasteiger partial charge in [0, 0.05) is 17.5 Å². The second-order valence-electron chi connectivity index (χ2n) is 5.90. The average Bonchev–Trinajstić information content (AvgIpc) is 3.10. The highest BCUT2D eigenvalue weighted by Gasteiger charge is 2.12. The van der Waals surface area contributed by atoms with Crippen molar-refractivity contribution in [3.63, 3.8) is 0 Å². The first-order valence-electron chi connectivity index (χ1n) is 8.29. The Labute approximate surface area is 152 Å². The van der Waals surface area contributed by atoms with Gasteiger partial charge in [0.2, 0.25) is 5.91 Å². The lowest BCUT2D eigenvalue weighted by molar-refractivity contribution is -0.117. The monoisotopic (exact) mass is 351 g/mol. The lowest BCUT2D eigenvalue weighted by Crippen LogP contribution is -2.24. The fourth-order valence-electron chi connectivity index (χ4n) is 2.65. The summed E-state index contributed by atoms with van der Waals surface area (Å²) in [6, 6.07) is 14.9. The SMILES string of the molecule is COc1cc(/C=C/C(=O)N[C@@H](C)c2cc3ccccc3o2)cc(OC)c1. The molecule has 0 radical (unpaired) electrons. The number of furan rings is 1. The smallest absolute Gasteiger partial charge is 0.244 e. The largest absolute Gasteiger partial charge is 0.497 e. The van der Waals surface area contributed by atoms with Crippen molar-refractivity contribution >= 4 is 23.0 Å². The third-order valence-electron chi connectivity index (χ3n) is 4.03. The Hall–Kier alpha value is -3.21. The quantitative estimate of drug-likeness (QED) is 0.671. The Morgan fingerprint density at radius 2 is 1.77 bits per heavy atom. The summed E-state index contributed by atoms with van der Waals surface area (Å²) in [6.45, 7) is 1.89. The molecule has 0 saturated carbocycles. The average molecular weight is 351 g/mol. The topological polar surface area (TPSA) is 60.7 Å². The van der Waals surface area contributed by atoms with Gasteiger partial charge in [-0.05, 0) is 42.8 Å². The number of methoxy groups -OCH3 is 2. The molecule has 0 aliphatic heterocycles. The number of para-hydroxylation sites is 1. The van der Waals surface area contributed by atoms with Gasteiger partial charge in [-0.1, -0.05) is 18.2 Å². The summed E-state index contributed by atoms with van der Waals surface area (Å²) < 4.78 is 16.2. The van der Waals surface area contributed by atoms with Crippen LogP contribution in [0.1, 0.15) is 24.3 Å². The standard InChI is InChI=1S/C21H21NO4/c1-14(20-12-16-6-4-5-7-19(16)26-20)22-21(23)9-8-15-10-17(24-2)13-18(11-15)25-3/h4-14H,1-3H3,(H,22,23)/b9-8+/t14-/m0/s1. The van der Waals surface area contributed by atoms with Gasteiger partial charge >= 0.3 is 0 Å². The first kappa shape index (κ1) is 17.6. The highest BCUT2D eigenvalue weighted by Crippen LogP contribution is 2.24. The fraction of sp³-hybridized carbons (Fsp3) is 0.190. The molecule has 1 N–H and O–H groups in total. The molecule has 0 aliphatic carbocycles. The molecule has 3 rings (SSSR count). The molecule has 0 bridgehead atoms. The van der Waals surface area contributed by atoms with E-state index < -0.39 is 0 Å². The minimum atomic E-state index is -0.237. The van der Waals surface area contributed by atoms with E-state index in [1.165, 1.54) is 6.08 Å². The summed E-state index contributed by atoms with van der Waals surface area (Å²) in [4.78, 5) is 12.2. The molecule has 2 aromatic carbocycles. The van der Waals surface area contributed by atoms with E-state index in [1.54, 1.807) is 26.4 Å². The molecular formula is C21H21NO4. The normalized spacial score (nSPS) is 12.3. The van der Waals surface area contributed by atoms with Gasteiger partial charge in [-0.3, -0.25) is 4.79 Å². The minimum Gasteiger partial charge on any atom is -0.497 e. The van der Waals surface area contributed by atoms with Gasteiger partial charge in [-0.25, -0.2) is 0 Å². The highest BCUT2D eigenvalue weighted by atomic mass is 16.5. The fourth-order valence-corrected chi connectivity index (χ4v) is 2.65. The third-order valence-corrected chi connectivity index (χ3v) is 4.03. The van der Waals surface area contributed by atoms with Crippen LogP contribution in [0, 0.1) is 0 Å². The third kappa shape index (κ3) is 4.06. The van der Waals surface area contributed by atoms with Crippen LogP contribution in [0.25, 0.3) is 17.0 Å². The lowest BCUT2D eigenvalue weighted by atomic mass is 10.1. The number of ether oxygens (including phenoxy) is 2. The number of hydrogen-bond acceptors (Lipinski definition) is 4. The van der Waals surface area contributed by atoms with Crippen LogP contribution in [0.15, 0.2) is 59.0 Å². The number of hydrogen-bond donors (Lipinski definition) is 1. The predicted molar refractivity (Wildman–Crippen MR) is 101 cm³/mol. The van der Waals surface area contributed by atoms with Crippen LogP contribution in [0.5, 0.6) is 11.5 Å². The van der Waals surface area contributed by atoms with Gasteiger partial charge in [-0.15, -0.1) is 0 Å². The van der Waals surface area contributed by atoms with Gasteiger partial charge in [0.15, 0.2) is 0 Å². The van der Waals surface area contributed by atoms with E-state index >= 15 is 0 Å². The Morgan fingerprint density at radius 3 is 2.42 bits per heavy atom. The Kier molecular flexibility index (Phi) is 5.27. The minimum absolute atomic E-state index is 0.209.